The van der Waals surface area contributed by atoms with Crippen LogP contribution in [0.5, 0.6) is 0 Å². The number of amides is 1. The SMILES string of the molecule is CC(C)(C)OC(=O)N(c1cscn1)S(=O)(=O)c1[c]c(Cl)ccc1F. The van der Waals surface area contributed by atoms with E-state index in [9.17, 15) is 17.6 Å². The minimum absolute atomic E-state index is 0.114. The first-order valence-electron chi connectivity index (χ1n) is 6.56. The second kappa shape index (κ2) is 6.66. The van der Waals surface area contributed by atoms with E-state index < -0.39 is 32.4 Å². The summed E-state index contributed by atoms with van der Waals surface area (Å²) in [4.78, 5) is 15.3. The first kappa shape index (κ1) is 18.6. The highest BCUT2D eigenvalue weighted by Gasteiger charge is 2.37. The maximum Gasteiger partial charge on any atom is 0.430 e. The Labute approximate surface area is 147 Å². The third kappa shape index (κ3) is 4.03. The largest absolute Gasteiger partial charge is 0.443 e. The van der Waals surface area contributed by atoms with Crippen molar-refractivity contribution in [3.05, 3.63) is 39.9 Å². The summed E-state index contributed by atoms with van der Waals surface area (Å²) in [5.74, 6) is -1.30. The smallest absolute Gasteiger partial charge is 0.430 e. The van der Waals surface area contributed by atoms with E-state index in [1.54, 1.807) is 20.8 Å². The lowest BCUT2D eigenvalue weighted by Crippen LogP contribution is -2.41. The molecule has 0 bridgehead atoms. The van der Waals surface area contributed by atoms with Gasteiger partial charge in [0.15, 0.2) is 5.82 Å². The molecule has 10 heteroatoms. The molecule has 0 saturated carbocycles. The average Bonchev–Trinajstić information content (AvgIpc) is 2.92. The van der Waals surface area contributed by atoms with Gasteiger partial charge in [0.05, 0.1) is 10.5 Å². The molecule has 1 aromatic carbocycles. The molecule has 129 valence electrons. The molecule has 0 aliphatic carbocycles. The summed E-state index contributed by atoms with van der Waals surface area (Å²) in [5.41, 5.74) is 0.373. The molecule has 6 nitrogen and oxygen atoms in total. The predicted molar refractivity (Wildman–Crippen MR) is 88.3 cm³/mol. The van der Waals surface area contributed by atoms with E-state index in [1.807, 2.05) is 0 Å². The lowest BCUT2D eigenvalue weighted by Gasteiger charge is -2.25. The molecule has 24 heavy (non-hydrogen) atoms. The lowest BCUT2D eigenvalue weighted by molar-refractivity contribution is 0.0608. The highest BCUT2D eigenvalue weighted by Crippen LogP contribution is 2.28. The number of ether oxygens (including phenoxy) is 1. The fraction of sp³-hybridized carbons (Fsp3) is 0.286. The van der Waals surface area contributed by atoms with Gasteiger partial charge in [0.2, 0.25) is 0 Å². The van der Waals surface area contributed by atoms with Crippen LogP contribution in [0.2, 0.25) is 5.02 Å². The minimum Gasteiger partial charge on any atom is -0.443 e. The third-order valence-electron chi connectivity index (χ3n) is 2.51. The Morgan fingerprint density at radius 2 is 2.08 bits per heavy atom. The van der Waals surface area contributed by atoms with Crippen LogP contribution in [0.25, 0.3) is 0 Å². The van der Waals surface area contributed by atoms with Crippen molar-refractivity contribution in [3.63, 3.8) is 0 Å². The van der Waals surface area contributed by atoms with Crippen LogP contribution >= 0.6 is 22.9 Å². The Kier molecular flexibility index (Phi) is 5.17. The fourth-order valence-electron chi connectivity index (χ4n) is 1.64. The van der Waals surface area contributed by atoms with Crippen LogP contribution in [-0.4, -0.2) is 25.1 Å². The van der Waals surface area contributed by atoms with Gasteiger partial charge >= 0.3 is 6.09 Å². The molecule has 1 radical (unpaired) electrons. The van der Waals surface area contributed by atoms with Crippen molar-refractivity contribution in [2.45, 2.75) is 31.3 Å². The first-order chi connectivity index (χ1) is 11.0. The molecule has 2 rings (SSSR count). The number of hydrogen-bond donors (Lipinski definition) is 0. The van der Waals surface area contributed by atoms with E-state index in [2.05, 4.69) is 11.1 Å². The molecular weight excluding hydrogens is 379 g/mol. The van der Waals surface area contributed by atoms with Gasteiger partial charge in [-0.1, -0.05) is 11.6 Å². The van der Waals surface area contributed by atoms with Gasteiger partial charge in [0.1, 0.15) is 16.3 Å². The molecule has 1 heterocycles. The standard InChI is InChI=1S/C14H13ClFN2O4S2/c1-14(2,3)22-13(19)18(12-7-23-8-17-12)24(20,21)11-6-9(15)4-5-10(11)16/h4-5,7-8H,1-3H3. The van der Waals surface area contributed by atoms with Crippen molar-refractivity contribution in [1.82, 2.24) is 4.98 Å². The summed E-state index contributed by atoms with van der Waals surface area (Å²) < 4.78 is 45.0. The highest BCUT2D eigenvalue weighted by atomic mass is 35.5. The Balaban J connectivity index is 2.58. The normalized spacial score (nSPS) is 12.0. The van der Waals surface area contributed by atoms with Crippen molar-refractivity contribution < 1.29 is 22.3 Å². The zero-order valence-corrected chi connectivity index (χ0v) is 15.3. The van der Waals surface area contributed by atoms with E-state index in [0.717, 1.165) is 23.5 Å². The number of carbonyl (C=O) groups is 1. The van der Waals surface area contributed by atoms with E-state index >= 15 is 0 Å². The number of hydrogen-bond acceptors (Lipinski definition) is 6. The summed E-state index contributed by atoms with van der Waals surface area (Å²) in [7, 11) is -4.66. The van der Waals surface area contributed by atoms with Crippen molar-refractivity contribution in [3.8, 4) is 0 Å². The topological polar surface area (TPSA) is 76.6 Å². The number of anilines is 1. The van der Waals surface area contributed by atoms with Crippen LogP contribution in [-0.2, 0) is 14.8 Å². The monoisotopic (exact) mass is 391 g/mol. The molecule has 0 unspecified atom stereocenters. The van der Waals surface area contributed by atoms with Crippen LogP contribution in [0.1, 0.15) is 20.8 Å². The van der Waals surface area contributed by atoms with Gasteiger partial charge in [0.25, 0.3) is 10.0 Å². The van der Waals surface area contributed by atoms with Gasteiger partial charge in [-0.05, 0) is 32.9 Å². The quantitative estimate of drug-likeness (QED) is 0.793. The van der Waals surface area contributed by atoms with E-state index in [4.69, 9.17) is 16.3 Å². The maximum absolute atomic E-state index is 14.0. The number of benzene rings is 1. The molecule has 0 saturated heterocycles. The summed E-state index contributed by atoms with van der Waals surface area (Å²) in [6, 6.07) is 4.23. The van der Waals surface area contributed by atoms with Crippen molar-refractivity contribution >= 4 is 44.9 Å². The number of aromatic nitrogens is 1. The molecule has 1 amide bonds. The highest BCUT2D eigenvalue weighted by molar-refractivity contribution is 7.93. The number of thiazole rings is 1. The summed E-state index contributed by atoms with van der Waals surface area (Å²) in [5, 5.41) is 1.21. The Bertz CT molecular complexity index is 848. The summed E-state index contributed by atoms with van der Waals surface area (Å²) >= 11 is 6.77. The van der Waals surface area contributed by atoms with Crippen LogP contribution in [0, 0.1) is 11.9 Å². The molecular formula is C14H13ClFN2O4S2. The first-order valence-corrected chi connectivity index (χ1v) is 9.32. The molecule has 0 aliphatic rings. The Hall–Kier alpha value is -1.71. The minimum atomic E-state index is -4.66. The average molecular weight is 392 g/mol. The molecule has 1 aromatic heterocycles. The second-order valence-corrected chi connectivity index (χ2v) is 8.43. The van der Waals surface area contributed by atoms with Gasteiger partial charge in [-0.25, -0.2) is 22.6 Å². The van der Waals surface area contributed by atoms with E-state index in [0.29, 0.717) is 4.31 Å². The predicted octanol–water partition coefficient (Wildman–Crippen LogP) is 3.87. The maximum atomic E-state index is 14.0. The molecule has 0 spiro atoms. The summed E-state index contributed by atoms with van der Waals surface area (Å²) in [6.45, 7) is 4.72. The van der Waals surface area contributed by atoms with E-state index in [-0.39, 0.29) is 10.8 Å². The van der Waals surface area contributed by atoms with Crippen LogP contribution in [0.3, 0.4) is 0 Å². The Morgan fingerprint density at radius 1 is 1.42 bits per heavy atom. The number of sulfonamides is 1. The molecule has 2 aromatic rings. The van der Waals surface area contributed by atoms with Crippen molar-refractivity contribution in [2.75, 3.05) is 4.31 Å². The van der Waals surface area contributed by atoms with Gasteiger partial charge < -0.3 is 4.74 Å². The number of halogens is 2. The number of nitrogens with zero attached hydrogens (tertiary/aromatic N) is 2. The molecule has 0 atom stereocenters. The molecule has 0 N–H and O–H groups in total. The number of carbonyl (C=O) groups excluding carboxylic acids is 1. The van der Waals surface area contributed by atoms with Crippen molar-refractivity contribution in [2.24, 2.45) is 0 Å². The van der Waals surface area contributed by atoms with Gasteiger partial charge in [-0.2, -0.15) is 0 Å². The van der Waals surface area contributed by atoms with Crippen molar-refractivity contribution in [1.29, 1.82) is 0 Å². The van der Waals surface area contributed by atoms with Gasteiger partial charge in [-0.15, -0.1) is 15.6 Å². The van der Waals surface area contributed by atoms with Crippen LogP contribution in [0.15, 0.2) is 27.9 Å². The lowest BCUT2D eigenvalue weighted by atomic mass is 10.2. The van der Waals surface area contributed by atoms with Crippen LogP contribution < -0.4 is 4.31 Å². The Morgan fingerprint density at radius 3 is 2.62 bits per heavy atom. The zero-order chi connectivity index (χ0) is 18.1. The van der Waals surface area contributed by atoms with Crippen LogP contribution in [0.4, 0.5) is 15.0 Å². The fourth-order valence-corrected chi connectivity index (χ4v) is 3.75. The van der Waals surface area contributed by atoms with Gasteiger partial charge in [-0.3, -0.25) is 0 Å². The zero-order valence-electron chi connectivity index (χ0n) is 12.9. The van der Waals surface area contributed by atoms with Gasteiger partial charge in [0, 0.05) is 11.4 Å². The van der Waals surface area contributed by atoms with E-state index in [1.165, 1.54) is 10.9 Å². The molecule has 0 aliphatic heterocycles. The second-order valence-electron chi connectivity index (χ2n) is 5.58. The summed E-state index contributed by atoms with van der Waals surface area (Å²) in [6.07, 6.45) is -1.21. The number of rotatable bonds is 3. The third-order valence-corrected chi connectivity index (χ3v) is 4.94. The molecule has 0 fully saturated rings.